The molecule has 0 aliphatic rings. The highest BCUT2D eigenvalue weighted by atomic mass is 127. The van der Waals surface area contributed by atoms with E-state index in [9.17, 15) is 0 Å². The van der Waals surface area contributed by atoms with Crippen LogP contribution in [0.25, 0.3) is 0 Å². The van der Waals surface area contributed by atoms with E-state index in [0.717, 1.165) is 25.1 Å². The number of hydrogen-bond donors (Lipinski definition) is 2. The Labute approximate surface area is 131 Å². The highest BCUT2D eigenvalue weighted by Crippen LogP contribution is 2.10. The number of aryl methyl sites for hydroxylation is 2. The number of nitrogens with zero attached hydrogens (tertiary/aromatic N) is 2. The van der Waals surface area contributed by atoms with Crippen molar-refractivity contribution in [3.05, 3.63) is 16.1 Å². The van der Waals surface area contributed by atoms with Crippen molar-refractivity contribution in [3.8, 4) is 0 Å². The van der Waals surface area contributed by atoms with E-state index >= 15 is 0 Å². The third kappa shape index (κ3) is 7.86. The van der Waals surface area contributed by atoms with E-state index in [1.54, 1.807) is 11.3 Å². The molecule has 1 heterocycles. The van der Waals surface area contributed by atoms with Crippen LogP contribution in [-0.4, -0.2) is 23.0 Å². The molecule has 6 heteroatoms. The summed E-state index contributed by atoms with van der Waals surface area (Å²) < 4.78 is 0. The van der Waals surface area contributed by atoms with Crippen molar-refractivity contribution in [2.75, 3.05) is 6.54 Å². The Kier molecular flexibility index (Phi) is 7.77. The Hall–Kier alpha value is -0.370. The molecule has 104 valence electrons. The zero-order valence-electron chi connectivity index (χ0n) is 11.5. The summed E-state index contributed by atoms with van der Waals surface area (Å²) in [4.78, 5) is 8.70. The van der Waals surface area contributed by atoms with Crippen LogP contribution in [0.1, 0.15) is 37.9 Å². The topological polar surface area (TPSA) is 63.3 Å². The molecule has 0 bridgehead atoms. The fourth-order valence-corrected chi connectivity index (χ4v) is 2.19. The van der Waals surface area contributed by atoms with Gasteiger partial charge in [-0.05, 0) is 34.1 Å². The standard InChI is InChI=1S/C12H22N4S.HI/c1-9-8-17-10(15-9)6-5-7-14-11(13)16-12(2,3)4;/h8H,5-7H2,1-4H3,(H3,13,14,16);1H. The second kappa shape index (κ2) is 7.93. The normalized spacial score (nSPS) is 12.1. The zero-order valence-corrected chi connectivity index (χ0v) is 14.6. The number of guanidine groups is 1. The van der Waals surface area contributed by atoms with Crippen molar-refractivity contribution < 1.29 is 0 Å². The van der Waals surface area contributed by atoms with Crippen molar-refractivity contribution in [2.45, 2.75) is 46.1 Å². The maximum Gasteiger partial charge on any atom is 0.188 e. The van der Waals surface area contributed by atoms with Gasteiger partial charge in [-0.25, -0.2) is 4.98 Å². The fraction of sp³-hybridized carbons (Fsp3) is 0.667. The minimum atomic E-state index is -0.0278. The molecule has 4 nitrogen and oxygen atoms in total. The molecular formula is C12H23IN4S. The van der Waals surface area contributed by atoms with Crippen molar-refractivity contribution in [2.24, 2.45) is 10.7 Å². The third-order valence-corrected chi connectivity index (χ3v) is 3.03. The van der Waals surface area contributed by atoms with Crippen LogP contribution < -0.4 is 11.1 Å². The molecule has 0 saturated heterocycles. The highest BCUT2D eigenvalue weighted by Gasteiger charge is 2.09. The molecule has 0 aliphatic heterocycles. The van der Waals surface area contributed by atoms with Gasteiger partial charge in [0.25, 0.3) is 0 Å². The van der Waals surface area contributed by atoms with Gasteiger partial charge in [0.1, 0.15) is 0 Å². The smallest absolute Gasteiger partial charge is 0.188 e. The summed E-state index contributed by atoms with van der Waals surface area (Å²) in [5, 5.41) is 6.39. The van der Waals surface area contributed by atoms with Crippen LogP contribution in [0.5, 0.6) is 0 Å². The predicted molar refractivity (Wildman–Crippen MR) is 90.0 cm³/mol. The fourth-order valence-electron chi connectivity index (χ4n) is 1.37. The number of nitrogens with two attached hydrogens (primary N) is 1. The maximum atomic E-state index is 5.77. The lowest BCUT2D eigenvalue weighted by Gasteiger charge is -2.20. The minimum absolute atomic E-state index is 0. The van der Waals surface area contributed by atoms with Crippen LogP contribution in [0.3, 0.4) is 0 Å². The van der Waals surface area contributed by atoms with Gasteiger partial charge in [-0.2, -0.15) is 0 Å². The van der Waals surface area contributed by atoms with Gasteiger partial charge < -0.3 is 11.1 Å². The lowest BCUT2D eigenvalue weighted by atomic mass is 10.1. The molecule has 0 saturated carbocycles. The number of nitrogens with one attached hydrogen (secondary N) is 1. The molecule has 0 unspecified atom stereocenters. The lowest BCUT2D eigenvalue weighted by molar-refractivity contribution is 0.508. The number of aliphatic imine (C=N–C) groups is 1. The van der Waals surface area contributed by atoms with Gasteiger partial charge in [-0.1, -0.05) is 0 Å². The van der Waals surface area contributed by atoms with Crippen molar-refractivity contribution >= 4 is 41.3 Å². The van der Waals surface area contributed by atoms with Gasteiger partial charge in [0, 0.05) is 29.6 Å². The summed E-state index contributed by atoms with van der Waals surface area (Å²) in [6.45, 7) is 8.95. The monoisotopic (exact) mass is 382 g/mol. The Morgan fingerprint density at radius 1 is 1.50 bits per heavy atom. The average Bonchev–Trinajstić information content (AvgIpc) is 2.56. The van der Waals surface area contributed by atoms with Gasteiger partial charge in [-0.15, -0.1) is 35.3 Å². The molecule has 1 aromatic heterocycles. The van der Waals surface area contributed by atoms with E-state index in [1.807, 2.05) is 6.92 Å². The van der Waals surface area contributed by atoms with Gasteiger partial charge in [-0.3, -0.25) is 4.99 Å². The molecule has 3 N–H and O–H groups in total. The van der Waals surface area contributed by atoms with Gasteiger partial charge in [0.15, 0.2) is 5.96 Å². The molecule has 0 radical (unpaired) electrons. The Morgan fingerprint density at radius 2 is 2.17 bits per heavy atom. The predicted octanol–water partition coefficient (Wildman–Crippen LogP) is 2.70. The number of halogens is 1. The maximum absolute atomic E-state index is 5.77. The summed E-state index contributed by atoms with van der Waals surface area (Å²) in [6.07, 6.45) is 1.96. The lowest BCUT2D eigenvalue weighted by Crippen LogP contribution is -2.45. The Morgan fingerprint density at radius 3 is 2.67 bits per heavy atom. The van der Waals surface area contributed by atoms with Crippen LogP contribution in [0, 0.1) is 6.92 Å². The minimum Gasteiger partial charge on any atom is -0.370 e. The third-order valence-electron chi connectivity index (χ3n) is 2.00. The number of rotatable bonds is 4. The van der Waals surface area contributed by atoms with E-state index in [-0.39, 0.29) is 29.5 Å². The van der Waals surface area contributed by atoms with E-state index in [2.05, 4.69) is 41.4 Å². The Bertz CT molecular complexity index is 382. The quantitative estimate of drug-likeness (QED) is 0.364. The molecule has 0 spiro atoms. The number of aromatic nitrogens is 1. The first-order chi connectivity index (χ1) is 7.87. The molecule has 0 aliphatic carbocycles. The molecule has 1 rings (SSSR count). The van der Waals surface area contributed by atoms with Crippen LogP contribution in [0.4, 0.5) is 0 Å². The molecule has 0 fully saturated rings. The molecule has 1 aromatic rings. The van der Waals surface area contributed by atoms with Crippen molar-refractivity contribution in [1.29, 1.82) is 0 Å². The molecule has 0 amide bonds. The van der Waals surface area contributed by atoms with Crippen LogP contribution in [-0.2, 0) is 6.42 Å². The summed E-state index contributed by atoms with van der Waals surface area (Å²) >= 11 is 1.71. The first-order valence-electron chi connectivity index (χ1n) is 5.86. The van der Waals surface area contributed by atoms with Gasteiger partial charge in [0.2, 0.25) is 0 Å². The molecule has 0 aromatic carbocycles. The highest BCUT2D eigenvalue weighted by molar-refractivity contribution is 14.0. The molecular weight excluding hydrogens is 359 g/mol. The van der Waals surface area contributed by atoms with Crippen LogP contribution in [0.2, 0.25) is 0 Å². The van der Waals surface area contributed by atoms with Crippen molar-refractivity contribution in [1.82, 2.24) is 10.3 Å². The van der Waals surface area contributed by atoms with E-state index in [1.165, 1.54) is 5.01 Å². The van der Waals surface area contributed by atoms with Crippen LogP contribution in [0.15, 0.2) is 10.4 Å². The van der Waals surface area contributed by atoms with E-state index < -0.39 is 0 Å². The summed E-state index contributed by atoms with van der Waals surface area (Å²) in [6, 6.07) is 0. The SMILES string of the molecule is Cc1csc(CCCN=C(N)NC(C)(C)C)n1.I. The molecule has 0 atom stereocenters. The second-order valence-electron chi connectivity index (χ2n) is 5.13. The van der Waals surface area contributed by atoms with Gasteiger partial charge >= 0.3 is 0 Å². The van der Waals surface area contributed by atoms with Gasteiger partial charge in [0.05, 0.1) is 5.01 Å². The first-order valence-corrected chi connectivity index (χ1v) is 6.74. The zero-order chi connectivity index (χ0) is 12.9. The number of thiazole rings is 1. The number of hydrogen-bond acceptors (Lipinski definition) is 3. The van der Waals surface area contributed by atoms with E-state index in [4.69, 9.17) is 5.73 Å². The summed E-state index contributed by atoms with van der Waals surface area (Å²) in [5.41, 5.74) is 6.84. The molecule has 18 heavy (non-hydrogen) atoms. The largest absolute Gasteiger partial charge is 0.370 e. The van der Waals surface area contributed by atoms with E-state index in [0.29, 0.717) is 5.96 Å². The first kappa shape index (κ1) is 17.6. The average molecular weight is 382 g/mol. The second-order valence-corrected chi connectivity index (χ2v) is 6.07. The summed E-state index contributed by atoms with van der Waals surface area (Å²) in [7, 11) is 0. The summed E-state index contributed by atoms with van der Waals surface area (Å²) in [5.74, 6) is 0.521. The van der Waals surface area contributed by atoms with Crippen LogP contribution >= 0.6 is 35.3 Å². The Balaban J connectivity index is 0.00000289. The van der Waals surface area contributed by atoms with Crippen molar-refractivity contribution in [3.63, 3.8) is 0 Å².